The molecule has 0 atom stereocenters. The molecule has 1 heterocycles. The molecule has 0 amide bonds. The van der Waals surface area contributed by atoms with Gasteiger partial charge in [-0.2, -0.15) is 0 Å². The molecule has 3 aromatic carbocycles. The van der Waals surface area contributed by atoms with Gasteiger partial charge in [0.1, 0.15) is 6.61 Å². The fourth-order valence-electron chi connectivity index (χ4n) is 3.54. The van der Waals surface area contributed by atoms with Crippen molar-refractivity contribution < 1.29 is 9.53 Å². The van der Waals surface area contributed by atoms with Gasteiger partial charge in [0.2, 0.25) is 0 Å². The van der Waals surface area contributed by atoms with Crippen molar-refractivity contribution in [1.82, 2.24) is 4.98 Å². The van der Waals surface area contributed by atoms with Gasteiger partial charge < -0.3 is 4.74 Å². The Hall–Kier alpha value is -3.46. The third-order valence-corrected chi connectivity index (χ3v) is 5.47. The molecule has 0 unspecified atom stereocenters. The number of benzene rings is 3. The van der Waals surface area contributed by atoms with Gasteiger partial charge in [-0.1, -0.05) is 93.1 Å². The second-order valence-corrected chi connectivity index (χ2v) is 8.96. The fraction of sp³-hybridized carbons (Fsp3) is 0.214. The van der Waals surface area contributed by atoms with Crippen LogP contribution in [-0.4, -0.2) is 11.0 Å². The molecule has 0 aliphatic rings. The molecule has 3 nitrogen and oxygen atoms in total. The summed E-state index contributed by atoms with van der Waals surface area (Å²) in [6.45, 7) is 8.83. The lowest BCUT2D eigenvalue weighted by molar-refractivity contribution is 0.0475. The van der Waals surface area contributed by atoms with Crippen molar-refractivity contribution in [2.24, 2.45) is 0 Å². The predicted molar refractivity (Wildman–Crippen MR) is 126 cm³/mol. The van der Waals surface area contributed by atoms with Gasteiger partial charge in [-0.25, -0.2) is 9.78 Å². The lowest BCUT2D eigenvalue weighted by atomic mass is 9.87. The Labute approximate surface area is 183 Å². The topological polar surface area (TPSA) is 39.2 Å². The average Bonchev–Trinajstić information content (AvgIpc) is 2.77. The standard InChI is InChI=1S/C28H27NO2/c1-19-9-13-21(14-10-19)26-17-24(23-7-5-6-8-25(23)29-26)27(30)31-18-20-11-15-22(16-12-20)28(2,3)4/h5-17H,18H2,1-4H3. The van der Waals surface area contributed by atoms with Crippen LogP contribution >= 0.6 is 0 Å². The van der Waals surface area contributed by atoms with E-state index in [9.17, 15) is 4.79 Å². The predicted octanol–water partition coefficient (Wildman–Crippen LogP) is 6.86. The van der Waals surface area contributed by atoms with Crippen LogP contribution < -0.4 is 0 Å². The van der Waals surface area contributed by atoms with Crippen LogP contribution in [0.15, 0.2) is 78.9 Å². The summed E-state index contributed by atoms with van der Waals surface area (Å²) < 4.78 is 5.69. The van der Waals surface area contributed by atoms with Gasteiger partial charge >= 0.3 is 5.97 Å². The van der Waals surface area contributed by atoms with Crippen LogP contribution in [0.3, 0.4) is 0 Å². The van der Waals surface area contributed by atoms with Crippen molar-refractivity contribution in [3.05, 3.63) is 101 Å². The Morgan fingerprint density at radius 1 is 0.903 bits per heavy atom. The van der Waals surface area contributed by atoms with Crippen LogP contribution in [-0.2, 0) is 16.8 Å². The molecule has 0 saturated heterocycles. The summed E-state index contributed by atoms with van der Waals surface area (Å²) in [4.78, 5) is 17.8. The number of rotatable bonds is 4. The SMILES string of the molecule is Cc1ccc(-c2cc(C(=O)OCc3ccc(C(C)(C)C)cc3)c3ccccc3n2)cc1. The molecular formula is C28H27NO2. The number of fused-ring (bicyclic) bond motifs is 1. The number of esters is 1. The summed E-state index contributed by atoms with van der Waals surface area (Å²) in [7, 11) is 0. The molecule has 4 aromatic rings. The van der Waals surface area contributed by atoms with Crippen LogP contribution in [0.4, 0.5) is 0 Å². The van der Waals surface area contributed by atoms with Crippen molar-refractivity contribution >= 4 is 16.9 Å². The van der Waals surface area contributed by atoms with Gasteiger partial charge in [0, 0.05) is 10.9 Å². The Bertz CT molecular complexity index is 1220. The third kappa shape index (κ3) is 4.66. The number of aryl methyl sites for hydroxylation is 1. The number of hydrogen-bond acceptors (Lipinski definition) is 3. The molecule has 0 radical (unpaired) electrons. The molecule has 0 saturated carbocycles. The van der Waals surface area contributed by atoms with Gasteiger partial charge in [0.05, 0.1) is 16.8 Å². The quantitative estimate of drug-likeness (QED) is 0.345. The minimum Gasteiger partial charge on any atom is -0.457 e. The van der Waals surface area contributed by atoms with Crippen LogP contribution in [0.1, 0.15) is 47.8 Å². The second kappa shape index (κ2) is 8.35. The number of ether oxygens (including phenoxy) is 1. The molecule has 156 valence electrons. The monoisotopic (exact) mass is 409 g/mol. The van der Waals surface area contributed by atoms with Crippen LogP contribution in [0.25, 0.3) is 22.2 Å². The highest BCUT2D eigenvalue weighted by molar-refractivity contribution is 6.04. The molecule has 0 spiro atoms. The first-order valence-corrected chi connectivity index (χ1v) is 10.5. The first-order chi connectivity index (χ1) is 14.8. The van der Waals surface area contributed by atoms with E-state index in [0.29, 0.717) is 5.56 Å². The molecule has 4 rings (SSSR count). The zero-order valence-corrected chi connectivity index (χ0v) is 18.5. The molecule has 1 aromatic heterocycles. The molecular weight excluding hydrogens is 382 g/mol. The molecule has 0 aliphatic heterocycles. The van der Waals surface area contributed by atoms with Crippen molar-refractivity contribution in [2.75, 3.05) is 0 Å². The molecule has 0 bridgehead atoms. The smallest absolute Gasteiger partial charge is 0.339 e. The van der Waals surface area contributed by atoms with Gasteiger partial charge in [-0.15, -0.1) is 0 Å². The zero-order valence-electron chi connectivity index (χ0n) is 18.5. The minimum absolute atomic E-state index is 0.0948. The highest BCUT2D eigenvalue weighted by Crippen LogP contribution is 2.26. The van der Waals surface area contributed by atoms with E-state index in [1.54, 1.807) is 0 Å². The second-order valence-electron chi connectivity index (χ2n) is 8.96. The van der Waals surface area contributed by atoms with E-state index in [0.717, 1.165) is 27.7 Å². The summed E-state index contributed by atoms with van der Waals surface area (Å²) in [5.74, 6) is -0.341. The highest BCUT2D eigenvalue weighted by atomic mass is 16.5. The average molecular weight is 410 g/mol. The number of para-hydroxylation sites is 1. The van der Waals surface area contributed by atoms with Gasteiger partial charge in [-0.05, 0) is 35.6 Å². The van der Waals surface area contributed by atoms with E-state index in [1.165, 1.54) is 11.1 Å². The maximum absolute atomic E-state index is 13.0. The Balaban J connectivity index is 1.62. The summed E-state index contributed by atoms with van der Waals surface area (Å²) in [5.41, 5.74) is 6.56. The number of nitrogens with zero attached hydrogens (tertiary/aromatic N) is 1. The van der Waals surface area contributed by atoms with E-state index >= 15 is 0 Å². The number of hydrogen-bond donors (Lipinski definition) is 0. The van der Waals surface area contributed by atoms with E-state index in [4.69, 9.17) is 9.72 Å². The third-order valence-electron chi connectivity index (χ3n) is 5.47. The molecule has 0 aliphatic carbocycles. The fourth-order valence-corrected chi connectivity index (χ4v) is 3.54. The van der Waals surface area contributed by atoms with Crippen molar-refractivity contribution in [3.8, 4) is 11.3 Å². The van der Waals surface area contributed by atoms with E-state index in [1.807, 2.05) is 66.7 Å². The number of carbonyl (C=O) groups is 1. The number of carbonyl (C=O) groups excluding carboxylic acids is 1. The van der Waals surface area contributed by atoms with Gasteiger partial charge in [0.15, 0.2) is 0 Å². The van der Waals surface area contributed by atoms with E-state index < -0.39 is 0 Å². The first kappa shape index (κ1) is 20.8. The highest BCUT2D eigenvalue weighted by Gasteiger charge is 2.16. The normalized spacial score (nSPS) is 11.5. The number of aromatic nitrogens is 1. The van der Waals surface area contributed by atoms with Gasteiger partial charge in [0.25, 0.3) is 0 Å². The summed E-state index contributed by atoms with van der Waals surface area (Å²) in [6, 6.07) is 25.9. The summed E-state index contributed by atoms with van der Waals surface area (Å²) in [5, 5.41) is 0.798. The molecule has 0 N–H and O–H groups in total. The van der Waals surface area contributed by atoms with Gasteiger partial charge in [-0.3, -0.25) is 0 Å². The molecule has 31 heavy (non-hydrogen) atoms. The largest absolute Gasteiger partial charge is 0.457 e. The van der Waals surface area contributed by atoms with Crippen LogP contribution in [0, 0.1) is 6.92 Å². The summed E-state index contributed by atoms with van der Waals surface area (Å²) >= 11 is 0. The Kier molecular flexibility index (Phi) is 5.60. The minimum atomic E-state index is -0.341. The van der Waals surface area contributed by atoms with Crippen molar-refractivity contribution in [1.29, 1.82) is 0 Å². The van der Waals surface area contributed by atoms with Crippen molar-refractivity contribution in [3.63, 3.8) is 0 Å². The Morgan fingerprint density at radius 2 is 1.58 bits per heavy atom. The zero-order chi connectivity index (χ0) is 22.0. The maximum Gasteiger partial charge on any atom is 0.339 e. The Morgan fingerprint density at radius 3 is 2.26 bits per heavy atom. The van der Waals surface area contributed by atoms with Crippen LogP contribution in [0.2, 0.25) is 0 Å². The summed E-state index contributed by atoms with van der Waals surface area (Å²) in [6.07, 6.45) is 0. The molecule has 0 fully saturated rings. The number of pyridine rings is 1. The molecule has 3 heteroatoms. The maximum atomic E-state index is 13.0. The lowest BCUT2D eigenvalue weighted by Gasteiger charge is -2.19. The van der Waals surface area contributed by atoms with E-state index in [-0.39, 0.29) is 18.0 Å². The first-order valence-electron chi connectivity index (χ1n) is 10.5. The lowest BCUT2D eigenvalue weighted by Crippen LogP contribution is -2.11. The van der Waals surface area contributed by atoms with E-state index in [2.05, 4.69) is 39.8 Å². The van der Waals surface area contributed by atoms with Crippen molar-refractivity contribution in [2.45, 2.75) is 39.7 Å². The van der Waals surface area contributed by atoms with Crippen LogP contribution in [0.5, 0.6) is 0 Å².